The van der Waals surface area contributed by atoms with Crippen LogP contribution in [0.2, 0.25) is 0 Å². The molecule has 2 unspecified atom stereocenters. The van der Waals surface area contributed by atoms with E-state index in [1.54, 1.807) is 0 Å². The summed E-state index contributed by atoms with van der Waals surface area (Å²) in [5.74, 6) is 1.24. The van der Waals surface area contributed by atoms with Gasteiger partial charge in [-0.2, -0.15) is 0 Å². The molecule has 64 valence electrons. The van der Waals surface area contributed by atoms with E-state index < -0.39 is 0 Å². The summed E-state index contributed by atoms with van der Waals surface area (Å²) in [6.45, 7) is 11.0. The molecule has 1 fully saturated rings. The summed E-state index contributed by atoms with van der Waals surface area (Å²) >= 11 is 0. The average Bonchev–Trinajstić information content (AvgIpc) is 2.43. The molecule has 0 saturated heterocycles. The molecule has 0 bridgehead atoms. The predicted molar refractivity (Wildman–Crippen MR) is 47.3 cm³/mol. The van der Waals surface area contributed by atoms with Crippen LogP contribution in [-0.4, -0.2) is 11.7 Å². The van der Waals surface area contributed by atoms with E-state index in [1.807, 2.05) is 0 Å². The molecule has 0 amide bonds. The maximum Gasteiger partial charge on any atom is 0.0437 e. The fourth-order valence-corrected chi connectivity index (χ4v) is 1.99. The van der Waals surface area contributed by atoms with E-state index in [0.717, 1.165) is 6.42 Å². The van der Waals surface area contributed by atoms with Gasteiger partial charge in [-0.05, 0) is 23.7 Å². The third-order valence-electron chi connectivity index (χ3n) is 3.37. The van der Waals surface area contributed by atoms with Gasteiger partial charge in [0, 0.05) is 6.61 Å². The summed E-state index contributed by atoms with van der Waals surface area (Å²) in [7, 11) is 0. The lowest BCUT2D eigenvalue weighted by atomic mass is 9.91. The minimum atomic E-state index is 0.298. The van der Waals surface area contributed by atoms with Crippen LogP contribution >= 0.6 is 0 Å². The highest BCUT2D eigenvalue weighted by molar-refractivity contribution is 5.34. The van der Waals surface area contributed by atoms with Gasteiger partial charge in [-0.3, -0.25) is 0 Å². The van der Waals surface area contributed by atoms with Gasteiger partial charge >= 0.3 is 0 Å². The standard InChI is InChI=1S/C10H18O/c1-7(2)10(4)8(3)9(10)5-6-11/h7,9,11H,3,5-6H2,1-2,4H3. The van der Waals surface area contributed by atoms with Gasteiger partial charge in [0.25, 0.3) is 0 Å². The van der Waals surface area contributed by atoms with Gasteiger partial charge in [-0.15, -0.1) is 0 Å². The fourth-order valence-electron chi connectivity index (χ4n) is 1.99. The highest BCUT2D eigenvalue weighted by atomic mass is 16.3. The minimum absolute atomic E-state index is 0.298. The second-order valence-electron chi connectivity index (χ2n) is 4.03. The molecule has 1 saturated carbocycles. The summed E-state index contributed by atoms with van der Waals surface area (Å²) in [5, 5.41) is 8.77. The Morgan fingerprint density at radius 2 is 2.18 bits per heavy atom. The monoisotopic (exact) mass is 154 g/mol. The Bertz CT molecular complexity index is 172. The van der Waals surface area contributed by atoms with Crippen molar-refractivity contribution in [3.63, 3.8) is 0 Å². The van der Waals surface area contributed by atoms with Crippen LogP contribution < -0.4 is 0 Å². The molecule has 1 aliphatic rings. The van der Waals surface area contributed by atoms with E-state index in [4.69, 9.17) is 5.11 Å². The molecule has 2 atom stereocenters. The molecule has 0 spiro atoms. The first kappa shape index (κ1) is 8.79. The van der Waals surface area contributed by atoms with Crippen LogP contribution in [0.25, 0.3) is 0 Å². The first-order valence-electron chi connectivity index (χ1n) is 4.35. The summed E-state index contributed by atoms with van der Waals surface area (Å²) in [4.78, 5) is 0. The fraction of sp³-hybridized carbons (Fsp3) is 0.800. The van der Waals surface area contributed by atoms with Crippen molar-refractivity contribution in [1.29, 1.82) is 0 Å². The number of allylic oxidation sites excluding steroid dienone is 1. The zero-order valence-electron chi connectivity index (χ0n) is 7.72. The van der Waals surface area contributed by atoms with Gasteiger partial charge in [0.05, 0.1) is 0 Å². The molecule has 0 heterocycles. The van der Waals surface area contributed by atoms with Crippen molar-refractivity contribution < 1.29 is 5.11 Å². The van der Waals surface area contributed by atoms with Gasteiger partial charge in [-0.1, -0.05) is 32.9 Å². The van der Waals surface area contributed by atoms with Crippen LogP contribution in [0.3, 0.4) is 0 Å². The number of rotatable bonds is 3. The van der Waals surface area contributed by atoms with Crippen molar-refractivity contribution in [3.05, 3.63) is 12.2 Å². The zero-order valence-corrected chi connectivity index (χ0v) is 7.72. The molecule has 11 heavy (non-hydrogen) atoms. The first-order chi connectivity index (χ1) is 5.05. The molecule has 1 nitrogen and oxygen atoms in total. The first-order valence-corrected chi connectivity index (χ1v) is 4.35. The molecular weight excluding hydrogens is 136 g/mol. The summed E-state index contributed by atoms with van der Waals surface area (Å²) < 4.78 is 0. The zero-order chi connectivity index (χ0) is 8.65. The predicted octanol–water partition coefficient (Wildman–Crippen LogP) is 2.22. The van der Waals surface area contributed by atoms with Crippen LogP contribution in [0.1, 0.15) is 27.2 Å². The minimum Gasteiger partial charge on any atom is -0.396 e. The smallest absolute Gasteiger partial charge is 0.0437 e. The second-order valence-corrected chi connectivity index (χ2v) is 4.03. The Kier molecular flexibility index (Phi) is 2.10. The van der Waals surface area contributed by atoms with Crippen LogP contribution in [0.4, 0.5) is 0 Å². The average molecular weight is 154 g/mol. The van der Waals surface area contributed by atoms with Gasteiger partial charge in [-0.25, -0.2) is 0 Å². The molecule has 0 aromatic rings. The van der Waals surface area contributed by atoms with Gasteiger partial charge < -0.3 is 5.11 Å². The summed E-state index contributed by atoms with van der Waals surface area (Å²) in [6.07, 6.45) is 0.896. The molecule has 0 radical (unpaired) electrons. The topological polar surface area (TPSA) is 20.2 Å². The quantitative estimate of drug-likeness (QED) is 0.618. The summed E-state index contributed by atoms with van der Waals surface area (Å²) in [5.41, 5.74) is 1.66. The maximum absolute atomic E-state index is 8.77. The lowest BCUT2D eigenvalue weighted by molar-refractivity contribution is 0.257. The Balaban J connectivity index is 2.58. The third-order valence-corrected chi connectivity index (χ3v) is 3.37. The third kappa shape index (κ3) is 1.12. The Hall–Kier alpha value is -0.300. The lowest BCUT2D eigenvalue weighted by Crippen LogP contribution is -2.08. The van der Waals surface area contributed by atoms with Crippen LogP contribution in [-0.2, 0) is 0 Å². The molecule has 1 aliphatic carbocycles. The van der Waals surface area contributed by atoms with Gasteiger partial charge in [0.2, 0.25) is 0 Å². The van der Waals surface area contributed by atoms with Crippen molar-refractivity contribution in [2.75, 3.05) is 6.61 Å². The van der Waals surface area contributed by atoms with E-state index >= 15 is 0 Å². The van der Waals surface area contributed by atoms with Crippen LogP contribution in [0.5, 0.6) is 0 Å². The van der Waals surface area contributed by atoms with Crippen molar-refractivity contribution in [1.82, 2.24) is 0 Å². The SMILES string of the molecule is C=C1C(CCO)C1(C)C(C)C. The number of aliphatic hydroxyl groups excluding tert-OH is 1. The molecule has 1 rings (SSSR count). The van der Waals surface area contributed by atoms with Crippen molar-refractivity contribution in [2.24, 2.45) is 17.3 Å². The Morgan fingerprint density at radius 3 is 2.45 bits per heavy atom. The number of hydrogen-bond acceptors (Lipinski definition) is 1. The Morgan fingerprint density at radius 1 is 1.64 bits per heavy atom. The molecule has 0 aromatic carbocycles. The molecule has 0 aliphatic heterocycles. The molecular formula is C10H18O. The molecule has 1 heteroatoms. The second kappa shape index (κ2) is 2.63. The largest absolute Gasteiger partial charge is 0.396 e. The van der Waals surface area contributed by atoms with Crippen molar-refractivity contribution in [3.8, 4) is 0 Å². The highest BCUT2D eigenvalue weighted by Crippen LogP contribution is 2.63. The molecule has 0 aromatic heterocycles. The van der Waals surface area contributed by atoms with Crippen LogP contribution in [0, 0.1) is 17.3 Å². The van der Waals surface area contributed by atoms with Crippen LogP contribution in [0.15, 0.2) is 12.2 Å². The van der Waals surface area contributed by atoms with Crippen molar-refractivity contribution in [2.45, 2.75) is 27.2 Å². The van der Waals surface area contributed by atoms with Gasteiger partial charge in [0.1, 0.15) is 0 Å². The van der Waals surface area contributed by atoms with Gasteiger partial charge in [0.15, 0.2) is 0 Å². The number of hydrogen-bond donors (Lipinski definition) is 1. The Labute approximate surface area is 69.1 Å². The maximum atomic E-state index is 8.77. The summed E-state index contributed by atoms with van der Waals surface area (Å²) in [6, 6.07) is 0. The number of aliphatic hydroxyl groups is 1. The molecule has 1 N–H and O–H groups in total. The van der Waals surface area contributed by atoms with E-state index in [2.05, 4.69) is 27.4 Å². The lowest BCUT2D eigenvalue weighted by Gasteiger charge is -2.14. The highest BCUT2D eigenvalue weighted by Gasteiger charge is 2.55. The van der Waals surface area contributed by atoms with E-state index in [0.29, 0.717) is 23.9 Å². The van der Waals surface area contributed by atoms with Crippen molar-refractivity contribution >= 4 is 0 Å². The van der Waals surface area contributed by atoms with E-state index in [9.17, 15) is 0 Å². The normalized spacial score (nSPS) is 36.5. The van der Waals surface area contributed by atoms with E-state index in [1.165, 1.54) is 5.57 Å². The van der Waals surface area contributed by atoms with E-state index in [-0.39, 0.29) is 0 Å².